The van der Waals surface area contributed by atoms with Crippen molar-refractivity contribution in [3.63, 3.8) is 0 Å². The Morgan fingerprint density at radius 1 is 1.39 bits per heavy atom. The Kier molecular flexibility index (Phi) is 4.65. The normalized spacial score (nSPS) is 9.78. The summed E-state index contributed by atoms with van der Waals surface area (Å²) in [6.07, 6.45) is 0. The molecule has 6 heteroatoms. The summed E-state index contributed by atoms with van der Waals surface area (Å²) in [5.74, 6) is -1.29. The third-order valence-electron chi connectivity index (χ3n) is 2.32. The quantitative estimate of drug-likeness (QED) is 0.818. The number of anilines is 1. The van der Waals surface area contributed by atoms with Gasteiger partial charge in [0.1, 0.15) is 5.82 Å². The van der Waals surface area contributed by atoms with Crippen molar-refractivity contribution in [2.45, 2.75) is 0 Å². The van der Waals surface area contributed by atoms with Crippen LogP contribution < -0.4 is 5.32 Å². The lowest BCUT2D eigenvalue weighted by molar-refractivity contribution is -0.126. The Morgan fingerprint density at radius 3 is 2.61 bits per heavy atom. The number of carbonyl (C=O) groups excluding carboxylic acids is 2. The van der Waals surface area contributed by atoms with Crippen molar-refractivity contribution < 1.29 is 18.7 Å². The fourth-order valence-electron chi connectivity index (χ4n) is 1.23. The van der Waals surface area contributed by atoms with Gasteiger partial charge in [-0.25, -0.2) is 9.18 Å². The third kappa shape index (κ3) is 3.44. The van der Waals surface area contributed by atoms with Crippen LogP contribution in [0, 0.1) is 5.82 Å². The second kappa shape index (κ2) is 6.00. The van der Waals surface area contributed by atoms with Gasteiger partial charge in [-0.1, -0.05) is 0 Å². The lowest BCUT2D eigenvalue weighted by Crippen LogP contribution is -2.28. The molecule has 1 amide bonds. The van der Waals surface area contributed by atoms with E-state index in [1.54, 1.807) is 14.1 Å². The zero-order valence-electron chi connectivity index (χ0n) is 10.5. The molecule has 0 aliphatic carbocycles. The summed E-state index contributed by atoms with van der Waals surface area (Å²) in [5.41, 5.74) is 0.312. The smallest absolute Gasteiger partial charge is 0.337 e. The Balaban J connectivity index is 2.82. The lowest BCUT2D eigenvalue weighted by atomic mass is 10.2. The maximum Gasteiger partial charge on any atom is 0.337 e. The van der Waals surface area contributed by atoms with Crippen molar-refractivity contribution in [1.29, 1.82) is 0 Å². The average molecular weight is 254 g/mol. The molecule has 0 aliphatic heterocycles. The van der Waals surface area contributed by atoms with E-state index < -0.39 is 11.8 Å². The molecule has 1 N–H and O–H groups in total. The molecule has 0 fully saturated rings. The van der Waals surface area contributed by atoms with E-state index >= 15 is 0 Å². The third-order valence-corrected chi connectivity index (χ3v) is 2.32. The molecule has 0 aromatic heterocycles. The minimum Gasteiger partial charge on any atom is -0.465 e. The average Bonchev–Trinajstić information content (AvgIpc) is 2.36. The number of hydrogen-bond acceptors (Lipinski definition) is 4. The highest BCUT2D eigenvalue weighted by atomic mass is 19.1. The minimum absolute atomic E-state index is 0.0471. The molecule has 1 aromatic rings. The van der Waals surface area contributed by atoms with Crippen molar-refractivity contribution in [1.82, 2.24) is 4.90 Å². The van der Waals surface area contributed by atoms with Gasteiger partial charge in [-0.2, -0.15) is 0 Å². The van der Waals surface area contributed by atoms with Gasteiger partial charge >= 0.3 is 5.97 Å². The molecule has 5 nitrogen and oxygen atoms in total. The first-order valence-corrected chi connectivity index (χ1v) is 5.27. The van der Waals surface area contributed by atoms with Crippen LogP contribution in [-0.2, 0) is 9.53 Å². The fraction of sp³-hybridized carbons (Fsp3) is 0.333. The van der Waals surface area contributed by atoms with Crippen LogP contribution in [0.25, 0.3) is 0 Å². The van der Waals surface area contributed by atoms with Gasteiger partial charge < -0.3 is 15.0 Å². The molecule has 0 spiro atoms. The van der Waals surface area contributed by atoms with Crippen LogP contribution in [0.1, 0.15) is 10.4 Å². The van der Waals surface area contributed by atoms with Gasteiger partial charge in [-0.05, 0) is 18.2 Å². The summed E-state index contributed by atoms with van der Waals surface area (Å²) in [7, 11) is 4.45. The lowest BCUT2D eigenvalue weighted by Gasteiger charge is -2.12. The van der Waals surface area contributed by atoms with Crippen molar-refractivity contribution in [3.8, 4) is 0 Å². The van der Waals surface area contributed by atoms with Gasteiger partial charge in [0.05, 0.1) is 24.9 Å². The molecule has 0 radical (unpaired) electrons. The molecule has 0 heterocycles. The van der Waals surface area contributed by atoms with Crippen LogP contribution in [0.4, 0.5) is 10.1 Å². The van der Waals surface area contributed by atoms with Crippen LogP contribution in [-0.4, -0.2) is 44.5 Å². The number of nitrogens with zero attached hydrogens (tertiary/aromatic N) is 1. The number of amides is 1. The molecule has 18 heavy (non-hydrogen) atoms. The van der Waals surface area contributed by atoms with Crippen molar-refractivity contribution in [2.75, 3.05) is 33.1 Å². The Labute approximate surface area is 105 Å². The summed E-state index contributed by atoms with van der Waals surface area (Å²) >= 11 is 0. The molecule has 0 bridgehead atoms. The van der Waals surface area contributed by atoms with E-state index in [1.165, 1.54) is 24.1 Å². The van der Waals surface area contributed by atoms with Gasteiger partial charge in [0.25, 0.3) is 0 Å². The number of likely N-dealkylation sites (N-methyl/N-ethyl adjacent to an activating group) is 1. The van der Waals surface area contributed by atoms with Crippen LogP contribution in [0.15, 0.2) is 18.2 Å². The van der Waals surface area contributed by atoms with E-state index in [-0.39, 0.29) is 23.7 Å². The Hall–Kier alpha value is -2.11. The zero-order chi connectivity index (χ0) is 13.7. The second-order valence-electron chi connectivity index (χ2n) is 3.83. The standard InChI is InChI=1S/C12H15FN2O3/c1-15(2)11(16)7-14-10-6-8(12(17)18-3)4-5-9(10)13/h4-6,14H,7H2,1-3H3. The van der Waals surface area contributed by atoms with Crippen LogP contribution in [0.2, 0.25) is 0 Å². The van der Waals surface area contributed by atoms with E-state index in [0.29, 0.717) is 0 Å². The van der Waals surface area contributed by atoms with Crippen LogP contribution in [0.3, 0.4) is 0 Å². The number of halogens is 1. The molecule has 1 aromatic carbocycles. The SMILES string of the molecule is COC(=O)c1ccc(F)c(NCC(=O)N(C)C)c1. The minimum atomic E-state index is -0.558. The molecule has 0 saturated heterocycles. The van der Waals surface area contributed by atoms with E-state index in [0.717, 1.165) is 6.07 Å². The first-order chi connectivity index (χ1) is 8.45. The first-order valence-electron chi connectivity index (χ1n) is 5.27. The monoisotopic (exact) mass is 254 g/mol. The summed E-state index contributed by atoms with van der Waals surface area (Å²) in [4.78, 5) is 24.0. The zero-order valence-corrected chi connectivity index (χ0v) is 10.5. The summed E-state index contributed by atoms with van der Waals surface area (Å²) in [6.45, 7) is -0.0471. The number of methoxy groups -OCH3 is 1. The number of rotatable bonds is 4. The molecule has 0 atom stereocenters. The van der Waals surface area contributed by atoms with Gasteiger partial charge in [0, 0.05) is 14.1 Å². The number of hydrogen-bond donors (Lipinski definition) is 1. The number of ether oxygens (including phenoxy) is 1. The summed E-state index contributed by atoms with van der Waals surface area (Å²) in [5, 5.41) is 2.64. The highest BCUT2D eigenvalue weighted by Gasteiger charge is 2.11. The predicted molar refractivity (Wildman–Crippen MR) is 64.9 cm³/mol. The van der Waals surface area contributed by atoms with Crippen molar-refractivity contribution >= 4 is 17.6 Å². The van der Waals surface area contributed by atoms with E-state index in [9.17, 15) is 14.0 Å². The Bertz CT molecular complexity index is 461. The highest BCUT2D eigenvalue weighted by molar-refractivity contribution is 5.90. The van der Waals surface area contributed by atoms with Crippen molar-refractivity contribution in [2.24, 2.45) is 0 Å². The van der Waals surface area contributed by atoms with E-state index in [2.05, 4.69) is 10.1 Å². The van der Waals surface area contributed by atoms with Gasteiger partial charge in [0.15, 0.2) is 0 Å². The topological polar surface area (TPSA) is 58.6 Å². The number of benzene rings is 1. The largest absolute Gasteiger partial charge is 0.465 e. The molecule has 0 unspecified atom stereocenters. The molecule has 0 aliphatic rings. The fourth-order valence-corrected chi connectivity index (χ4v) is 1.23. The predicted octanol–water partition coefficient (Wildman–Crippen LogP) is 1.11. The number of esters is 1. The molecule has 0 saturated carbocycles. The number of nitrogens with one attached hydrogen (secondary N) is 1. The summed E-state index contributed by atoms with van der Waals surface area (Å²) < 4.78 is 18.0. The maximum absolute atomic E-state index is 13.4. The van der Waals surface area contributed by atoms with Crippen LogP contribution >= 0.6 is 0 Å². The van der Waals surface area contributed by atoms with Crippen molar-refractivity contribution in [3.05, 3.63) is 29.6 Å². The maximum atomic E-state index is 13.4. The van der Waals surface area contributed by atoms with Crippen LogP contribution in [0.5, 0.6) is 0 Å². The molecule has 98 valence electrons. The highest BCUT2D eigenvalue weighted by Crippen LogP contribution is 2.16. The molecular formula is C12H15FN2O3. The first kappa shape index (κ1) is 14.0. The number of carbonyl (C=O) groups is 2. The second-order valence-corrected chi connectivity index (χ2v) is 3.83. The van der Waals surface area contributed by atoms with Gasteiger partial charge in [0.2, 0.25) is 5.91 Å². The summed E-state index contributed by atoms with van der Waals surface area (Å²) in [6, 6.07) is 3.78. The van der Waals surface area contributed by atoms with E-state index in [4.69, 9.17) is 0 Å². The molecular weight excluding hydrogens is 239 g/mol. The molecule has 1 rings (SSSR count). The van der Waals surface area contributed by atoms with Gasteiger partial charge in [-0.15, -0.1) is 0 Å². The van der Waals surface area contributed by atoms with E-state index in [1.807, 2.05) is 0 Å². The van der Waals surface area contributed by atoms with Gasteiger partial charge in [-0.3, -0.25) is 4.79 Å². The Morgan fingerprint density at radius 2 is 2.06 bits per heavy atom.